The van der Waals surface area contributed by atoms with E-state index in [1.54, 1.807) is 12.1 Å². The molecule has 29 heavy (non-hydrogen) atoms. The zero-order chi connectivity index (χ0) is 20.1. The van der Waals surface area contributed by atoms with Crippen molar-refractivity contribution in [1.29, 1.82) is 0 Å². The Morgan fingerprint density at radius 2 is 1.69 bits per heavy atom. The van der Waals surface area contributed by atoms with E-state index >= 15 is 0 Å². The van der Waals surface area contributed by atoms with Crippen molar-refractivity contribution >= 4 is 17.5 Å². The lowest BCUT2D eigenvalue weighted by Crippen LogP contribution is -2.36. The molecule has 1 heterocycles. The average Bonchev–Trinajstić information content (AvgIpc) is 2.78. The predicted octanol–water partition coefficient (Wildman–Crippen LogP) is 4.21. The summed E-state index contributed by atoms with van der Waals surface area (Å²) in [5.41, 5.74) is 3.64. The highest BCUT2D eigenvalue weighted by Gasteiger charge is 2.21. The topological polar surface area (TPSA) is 58.6 Å². The average molecular weight is 392 g/mol. The molecule has 0 radical (unpaired) electrons. The maximum Gasteiger partial charge on any atom is 0.262 e. The minimum Gasteiger partial charge on any atom is -0.483 e. The number of hydrogen-bond acceptors (Lipinski definition) is 3. The van der Waals surface area contributed by atoms with Gasteiger partial charge in [0.1, 0.15) is 5.75 Å². The Hall–Kier alpha value is -2.82. The van der Waals surface area contributed by atoms with Gasteiger partial charge in [-0.25, -0.2) is 0 Å². The summed E-state index contributed by atoms with van der Waals surface area (Å²) in [5.74, 6) is 0.533. The van der Waals surface area contributed by atoms with Crippen molar-refractivity contribution in [3.8, 4) is 5.75 Å². The molecule has 1 aliphatic carbocycles. The number of likely N-dealkylation sites (tertiary alicyclic amines) is 1. The molecule has 0 aromatic heterocycles. The smallest absolute Gasteiger partial charge is 0.262 e. The van der Waals surface area contributed by atoms with Crippen LogP contribution < -0.4 is 10.1 Å². The molecule has 1 N–H and O–H groups in total. The third-order valence-electron chi connectivity index (χ3n) is 5.79. The SMILES string of the molecule is O=C(COc1cccc2c1CCCC2)Nc1ccccc1C(=O)N1CCCCC1. The summed E-state index contributed by atoms with van der Waals surface area (Å²) in [6, 6.07) is 13.3. The fourth-order valence-electron chi connectivity index (χ4n) is 4.26. The molecule has 5 heteroatoms. The molecule has 0 atom stereocenters. The van der Waals surface area contributed by atoms with Gasteiger partial charge in [-0.2, -0.15) is 0 Å². The van der Waals surface area contributed by atoms with Crippen molar-refractivity contribution < 1.29 is 14.3 Å². The first-order valence-electron chi connectivity index (χ1n) is 10.6. The molecule has 0 spiro atoms. The van der Waals surface area contributed by atoms with Gasteiger partial charge in [0.15, 0.2) is 6.61 Å². The van der Waals surface area contributed by atoms with Crippen LogP contribution in [0.5, 0.6) is 5.75 Å². The van der Waals surface area contributed by atoms with Crippen molar-refractivity contribution in [2.24, 2.45) is 0 Å². The molecule has 0 saturated carbocycles. The van der Waals surface area contributed by atoms with Crippen molar-refractivity contribution in [3.63, 3.8) is 0 Å². The summed E-state index contributed by atoms with van der Waals surface area (Å²) in [5, 5.41) is 2.87. The summed E-state index contributed by atoms with van der Waals surface area (Å²) in [6.45, 7) is 1.50. The van der Waals surface area contributed by atoms with Crippen LogP contribution >= 0.6 is 0 Å². The molecule has 1 fully saturated rings. The fraction of sp³-hybridized carbons (Fsp3) is 0.417. The highest BCUT2D eigenvalue weighted by Crippen LogP contribution is 2.29. The number of fused-ring (bicyclic) bond motifs is 1. The van der Waals surface area contributed by atoms with Crippen LogP contribution in [0.1, 0.15) is 53.6 Å². The van der Waals surface area contributed by atoms with Crippen LogP contribution in [0.4, 0.5) is 5.69 Å². The maximum absolute atomic E-state index is 12.9. The molecule has 0 unspecified atom stereocenters. The van der Waals surface area contributed by atoms with E-state index in [2.05, 4.69) is 11.4 Å². The highest BCUT2D eigenvalue weighted by molar-refractivity contribution is 6.04. The largest absolute Gasteiger partial charge is 0.483 e. The summed E-state index contributed by atoms with van der Waals surface area (Å²) >= 11 is 0. The van der Waals surface area contributed by atoms with Crippen LogP contribution in [-0.4, -0.2) is 36.4 Å². The lowest BCUT2D eigenvalue weighted by atomic mass is 9.91. The summed E-state index contributed by atoms with van der Waals surface area (Å²) in [6.07, 6.45) is 7.68. The lowest BCUT2D eigenvalue weighted by molar-refractivity contribution is -0.118. The number of para-hydroxylation sites is 1. The van der Waals surface area contributed by atoms with Gasteiger partial charge in [0.25, 0.3) is 11.8 Å². The van der Waals surface area contributed by atoms with Crippen LogP contribution in [0.3, 0.4) is 0 Å². The van der Waals surface area contributed by atoms with Gasteiger partial charge in [0.05, 0.1) is 11.3 Å². The number of carbonyl (C=O) groups is 2. The monoisotopic (exact) mass is 392 g/mol. The van der Waals surface area contributed by atoms with Crippen molar-refractivity contribution in [3.05, 3.63) is 59.2 Å². The Morgan fingerprint density at radius 3 is 2.55 bits per heavy atom. The third kappa shape index (κ3) is 4.61. The van der Waals surface area contributed by atoms with E-state index in [1.165, 1.54) is 24.0 Å². The molecular weight excluding hydrogens is 364 g/mol. The number of amides is 2. The normalized spacial score (nSPS) is 16.1. The predicted molar refractivity (Wildman–Crippen MR) is 113 cm³/mol. The number of rotatable bonds is 5. The molecule has 1 aliphatic heterocycles. The minimum atomic E-state index is -0.252. The van der Waals surface area contributed by atoms with Gasteiger partial charge in [-0.15, -0.1) is 0 Å². The minimum absolute atomic E-state index is 0.0151. The van der Waals surface area contributed by atoms with Crippen LogP contribution in [0, 0.1) is 0 Å². The van der Waals surface area contributed by atoms with E-state index in [4.69, 9.17) is 4.74 Å². The van der Waals surface area contributed by atoms with E-state index < -0.39 is 0 Å². The molecule has 2 aromatic carbocycles. The van der Waals surface area contributed by atoms with Crippen LogP contribution in [0.2, 0.25) is 0 Å². The van der Waals surface area contributed by atoms with E-state index in [9.17, 15) is 9.59 Å². The lowest BCUT2D eigenvalue weighted by Gasteiger charge is -2.27. The number of piperidine rings is 1. The van der Waals surface area contributed by atoms with E-state index in [-0.39, 0.29) is 18.4 Å². The molecule has 1 saturated heterocycles. The number of nitrogens with zero attached hydrogens (tertiary/aromatic N) is 1. The molecule has 152 valence electrons. The van der Waals surface area contributed by atoms with Gasteiger partial charge in [-0.1, -0.05) is 24.3 Å². The second-order valence-corrected chi connectivity index (χ2v) is 7.84. The summed E-state index contributed by atoms with van der Waals surface area (Å²) in [4.78, 5) is 27.3. The fourth-order valence-corrected chi connectivity index (χ4v) is 4.26. The Balaban J connectivity index is 1.41. The van der Waals surface area contributed by atoms with E-state index in [0.717, 1.165) is 50.9 Å². The first kappa shape index (κ1) is 19.5. The summed E-state index contributed by atoms with van der Waals surface area (Å²) < 4.78 is 5.85. The number of nitrogens with one attached hydrogen (secondary N) is 1. The van der Waals surface area contributed by atoms with Crippen LogP contribution in [0.25, 0.3) is 0 Å². The molecule has 2 amide bonds. The van der Waals surface area contributed by atoms with E-state index in [0.29, 0.717) is 11.3 Å². The zero-order valence-electron chi connectivity index (χ0n) is 16.8. The molecule has 4 rings (SSSR count). The van der Waals surface area contributed by atoms with Gasteiger partial charge in [-0.05, 0) is 74.3 Å². The maximum atomic E-state index is 12.9. The van der Waals surface area contributed by atoms with Crippen LogP contribution in [-0.2, 0) is 17.6 Å². The first-order chi connectivity index (χ1) is 14.2. The number of anilines is 1. The molecule has 2 aliphatic rings. The Kier molecular flexibility index (Phi) is 6.13. The number of aryl methyl sites for hydroxylation is 1. The Bertz CT molecular complexity index is 887. The second kappa shape index (κ2) is 9.12. The molecule has 0 bridgehead atoms. The Labute approximate surface area is 172 Å². The van der Waals surface area contributed by atoms with Crippen LogP contribution in [0.15, 0.2) is 42.5 Å². The second-order valence-electron chi connectivity index (χ2n) is 7.84. The standard InChI is InChI=1S/C24H28N2O3/c27-23(17-29-22-14-8-10-18-9-2-3-11-19(18)22)25-21-13-5-4-12-20(21)24(28)26-15-6-1-7-16-26/h4-5,8,10,12-14H,1-3,6-7,9,11,15-17H2,(H,25,27). The van der Waals surface area contributed by atoms with Crippen molar-refractivity contribution in [2.45, 2.75) is 44.9 Å². The highest BCUT2D eigenvalue weighted by atomic mass is 16.5. The molecule has 2 aromatic rings. The summed E-state index contributed by atoms with van der Waals surface area (Å²) in [7, 11) is 0. The van der Waals surface area contributed by atoms with Gasteiger partial charge in [-0.3, -0.25) is 9.59 Å². The van der Waals surface area contributed by atoms with Gasteiger partial charge in [0.2, 0.25) is 0 Å². The number of ether oxygens (including phenoxy) is 1. The zero-order valence-corrected chi connectivity index (χ0v) is 16.8. The van der Waals surface area contributed by atoms with E-state index in [1.807, 2.05) is 29.2 Å². The van der Waals surface area contributed by atoms with Crippen molar-refractivity contribution in [1.82, 2.24) is 4.90 Å². The number of carbonyl (C=O) groups excluding carboxylic acids is 2. The van der Waals surface area contributed by atoms with Gasteiger partial charge >= 0.3 is 0 Å². The van der Waals surface area contributed by atoms with Crippen molar-refractivity contribution in [2.75, 3.05) is 25.0 Å². The first-order valence-corrected chi connectivity index (χ1v) is 10.6. The van der Waals surface area contributed by atoms with Gasteiger partial charge < -0.3 is 15.0 Å². The Morgan fingerprint density at radius 1 is 0.897 bits per heavy atom. The molecular formula is C24H28N2O3. The molecule has 5 nitrogen and oxygen atoms in total. The van der Waals surface area contributed by atoms with Gasteiger partial charge in [0, 0.05) is 13.1 Å². The third-order valence-corrected chi connectivity index (χ3v) is 5.79. The quantitative estimate of drug-likeness (QED) is 0.829. The number of benzene rings is 2. The number of hydrogen-bond donors (Lipinski definition) is 1.